The Hall–Kier alpha value is -1.15. The van der Waals surface area contributed by atoms with Crippen LogP contribution in [0.1, 0.15) is 22.0 Å². The molecule has 1 aromatic carbocycles. The van der Waals surface area contributed by atoms with E-state index in [9.17, 15) is 4.79 Å². The van der Waals surface area contributed by atoms with Crippen molar-refractivity contribution in [2.75, 3.05) is 14.1 Å². The molecule has 1 unspecified atom stereocenters. The molecular weight excluding hydrogens is 162 g/mol. The summed E-state index contributed by atoms with van der Waals surface area (Å²) in [5.41, 5.74) is 1.77. The van der Waals surface area contributed by atoms with Crippen LogP contribution in [-0.2, 0) is 0 Å². The van der Waals surface area contributed by atoms with Crippen LogP contribution in [0.5, 0.6) is 0 Å². The number of aldehydes is 1. The number of rotatable bonds is 3. The van der Waals surface area contributed by atoms with Crippen molar-refractivity contribution < 1.29 is 4.79 Å². The second-order valence-electron chi connectivity index (χ2n) is 3.27. The fraction of sp³-hybridized carbons (Fsp3) is 0.273. The SMILES string of the molecule is [CH2]C(c1cccc(C=O)c1)N(C)C. The summed E-state index contributed by atoms with van der Waals surface area (Å²) in [6.45, 7) is 3.99. The maximum absolute atomic E-state index is 10.5. The van der Waals surface area contributed by atoms with Crippen molar-refractivity contribution >= 4 is 6.29 Å². The molecule has 13 heavy (non-hydrogen) atoms. The molecule has 0 fully saturated rings. The number of benzene rings is 1. The summed E-state index contributed by atoms with van der Waals surface area (Å²) >= 11 is 0. The number of carbonyl (C=O) groups excluding carboxylic acids is 1. The van der Waals surface area contributed by atoms with Crippen molar-refractivity contribution in [3.05, 3.63) is 42.3 Å². The third kappa shape index (κ3) is 2.39. The van der Waals surface area contributed by atoms with Gasteiger partial charge in [-0.15, -0.1) is 0 Å². The highest BCUT2D eigenvalue weighted by Crippen LogP contribution is 2.16. The molecule has 0 aliphatic carbocycles. The summed E-state index contributed by atoms with van der Waals surface area (Å²) in [4.78, 5) is 12.5. The molecule has 1 atom stereocenters. The van der Waals surface area contributed by atoms with E-state index in [2.05, 4.69) is 6.92 Å². The van der Waals surface area contributed by atoms with E-state index in [1.165, 1.54) is 0 Å². The molecule has 0 saturated carbocycles. The molecule has 0 aromatic heterocycles. The molecule has 0 heterocycles. The van der Waals surface area contributed by atoms with Crippen LogP contribution in [0.4, 0.5) is 0 Å². The van der Waals surface area contributed by atoms with Gasteiger partial charge in [0.15, 0.2) is 0 Å². The number of hydrogen-bond donors (Lipinski definition) is 0. The smallest absolute Gasteiger partial charge is 0.150 e. The number of hydrogen-bond acceptors (Lipinski definition) is 2. The van der Waals surface area contributed by atoms with Crippen LogP contribution in [0.15, 0.2) is 24.3 Å². The van der Waals surface area contributed by atoms with E-state index < -0.39 is 0 Å². The fourth-order valence-electron chi connectivity index (χ4n) is 1.14. The van der Waals surface area contributed by atoms with Crippen molar-refractivity contribution in [3.8, 4) is 0 Å². The zero-order valence-corrected chi connectivity index (χ0v) is 8.03. The van der Waals surface area contributed by atoms with E-state index in [-0.39, 0.29) is 6.04 Å². The first-order valence-corrected chi connectivity index (χ1v) is 4.20. The van der Waals surface area contributed by atoms with Crippen LogP contribution in [0.25, 0.3) is 0 Å². The molecular formula is C11H14NO. The molecule has 0 aliphatic heterocycles. The molecule has 1 radical (unpaired) electrons. The molecule has 69 valence electrons. The van der Waals surface area contributed by atoms with Crippen molar-refractivity contribution in [1.29, 1.82) is 0 Å². The standard InChI is InChI=1S/C11H14NO/c1-9(12(2)3)11-6-4-5-10(7-11)8-13/h4-9H,1H2,2-3H3. The Morgan fingerprint density at radius 2 is 2.15 bits per heavy atom. The summed E-state index contributed by atoms with van der Waals surface area (Å²) < 4.78 is 0. The van der Waals surface area contributed by atoms with Gasteiger partial charge in [-0.05, 0) is 32.6 Å². The molecule has 1 rings (SSSR count). The lowest BCUT2D eigenvalue weighted by Crippen LogP contribution is -2.17. The highest BCUT2D eigenvalue weighted by Gasteiger charge is 2.07. The Morgan fingerprint density at radius 3 is 2.69 bits per heavy atom. The van der Waals surface area contributed by atoms with Crippen LogP contribution >= 0.6 is 0 Å². The lowest BCUT2D eigenvalue weighted by molar-refractivity contribution is 0.112. The first kappa shape index (κ1) is 9.93. The third-order valence-electron chi connectivity index (χ3n) is 2.05. The Bertz CT molecular complexity index is 294. The van der Waals surface area contributed by atoms with Gasteiger partial charge < -0.3 is 4.90 Å². The normalized spacial score (nSPS) is 12.9. The van der Waals surface area contributed by atoms with Crippen molar-refractivity contribution in [3.63, 3.8) is 0 Å². The molecule has 0 bridgehead atoms. The number of carbonyl (C=O) groups is 1. The second kappa shape index (κ2) is 4.19. The topological polar surface area (TPSA) is 20.3 Å². The van der Waals surface area contributed by atoms with Gasteiger partial charge in [-0.25, -0.2) is 0 Å². The highest BCUT2D eigenvalue weighted by atomic mass is 16.1. The summed E-state index contributed by atoms with van der Waals surface area (Å²) in [6, 6.07) is 7.61. The van der Waals surface area contributed by atoms with E-state index in [1.54, 1.807) is 6.07 Å². The average molecular weight is 176 g/mol. The van der Waals surface area contributed by atoms with Crippen molar-refractivity contribution in [2.24, 2.45) is 0 Å². The molecule has 2 heteroatoms. The molecule has 0 saturated heterocycles. The van der Waals surface area contributed by atoms with Gasteiger partial charge in [0.1, 0.15) is 6.29 Å². The molecule has 1 aromatic rings. The minimum absolute atomic E-state index is 0.0971. The van der Waals surface area contributed by atoms with Crippen LogP contribution in [0, 0.1) is 6.92 Å². The van der Waals surface area contributed by atoms with E-state index in [0.29, 0.717) is 5.56 Å². The molecule has 2 nitrogen and oxygen atoms in total. The summed E-state index contributed by atoms with van der Waals surface area (Å²) in [6.07, 6.45) is 0.853. The van der Waals surface area contributed by atoms with Gasteiger partial charge >= 0.3 is 0 Å². The van der Waals surface area contributed by atoms with Crippen LogP contribution in [-0.4, -0.2) is 25.3 Å². The van der Waals surface area contributed by atoms with Crippen LogP contribution < -0.4 is 0 Å². The zero-order chi connectivity index (χ0) is 9.84. The quantitative estimate of drug-likeness (QED) is 0.656. The predicted molar refractivity (Wildman–Crippen MR) is 53.6 cm³/mol. The first-order valence-electron chi connectivity index (χ1n) is 4.20. The van der Waals surface area contributed by atoms with Gasteiger partial charge in [0.05, 0.1) is 0 Å². The summed E-state index contributed by atoms with van der Waals surface area (Å²) in [5, 5.41) is 0. The van der Waals surface area contributed by atoms with Gasteiger partial charge in [0.2, 0.25) is 0 Å². The molecule has 0 aliphatic rings. The third-order valence-corrected chi connectivity index (χ3v) is 2.05. The lowest BCUT2D eigenvalue weighted by Gasteiger charge is -2.19. The monoisotopic (exact) mass is 176 g/mol. The van der Waals surface area contributed by atoms with Gasteiger partial charge in [-0.3, -0.25) is 4.79 Å². The van der Waals surface area contributed by atoms with Crippen molar-refractivity contribution in [1.82, 2.24) is 4.90 Å². The lowest BCUT2D eigenvalue weighted by atomic mass is 10.1. The van der Waals surface area contributed by atoms with Gasteiger partial charge in [-0.1, -0.05) is 18.2 Å². The highest BCUT2D eigenvalue weighted by molar-refractivity contribution is 5.75. The molecule has 0 N–H and O–H groups in total. The van der Waals surface area contributed by atoms with Gasteiger partial charge in [0.25, 0.3) is 0 Å². The van der Waals surface area contributed by atoms with Gasteiger partial charge in [0, 0.05) is 11.6 Å². The Labute approximate surface area is 79.2 Å². The fourth-order valence-corrected chi connectivity index (χ4v) is 1.14. The molecule has 0 amide bonds. The summed E-state index contributed by atoms with van der Waals surface area (Å²) in [5.74, 6) is 0. The number of nitrogens with zero attached hydrogens (tertiary/aromatic N) is 1. The van der Waals surface area contributed by atoms with E-state index in [1.807, 2.05) is 37.2 Å². The Balaban J connectivity index is 2.94. The molecule has 0 spiro atoms. The summed E-state index contributed by atoms with van der Waals surface area (Å²) in [7, 11) is 3.93. The minimum Gasteiger partial charge on any atom is -0.302 e. The predicted octanol–water partition coefficient (Wildman–Crippen LogP) is 1.94. The van der Waals surface area contributed by atoms with E-state index in [0.717, 1.165) is 11.8 Å². The van der Waals surface area contributed by atoms with Crippen LogP contribution in [0.2, 0.25) is 0 Å². The minimum atomic E-state index is 0.0971. The van der Waals surface area contributed by atoms with E-state index in [4.69, 9.17) is 0 Å². The Morgan fingerprint density at radius 1 is 1.46 bits per heavy atom. The maximum atomic E-state index is 10.5. The van der Waals surface area contributed by atoms with Gasteiger partial charge in [-0.2, -0.15) is 0 Å². The second-order valence-corrected chi connectivity index (χ2v) is 3.27. The average Bonchev–Trinajstić information content (AvgIpc) is 2.16. The zero-order valence-electron chi connectivity index (χ0n) is 8.03. The Kier molecular flexibility index (Phi) is 3.20. The largest absolute Gasteiger partial charge is 0.302 e. The van der Waals surface area contributed by atoms with E-state index >= 15 is 0 Å². The van der Waals surface area contributed by atoms with Crippen LogP contribution in [0.3, 0.4) is 0 Å². The van der Waals surface area contributed by atoms with Crippen molar-refractivity contribution in [2.45, 2.75) is 6.04 Å². The maximum Gasteiger partial charge on any atom is 0.150 e. The first-order chi connectivity index (χ1) is 6.15.